The number of hydrogen-bond acceptors (Lipinski definition) is 1. The largest absolute Gasteiger partial charge is 0.418 e. The normalized spacial score (nSPS) is 11.4. The monoisotopic (exact) mass is 375 g/mol. The minimum Gasteiger partial charge on any atom is -0.326 e. The van der Waals surface area contributed by atoms with Crippen molar-refractivity contribution in [1.82, 2.24) is 0 Å². The summed E-state index contributed by atoms with van der Waals surface area (Å²) >= 11 is 11.4. The van der Waals surface area contributed by atoms with E-state index < -0.39 is 17.6 Å². The third-order valence-electron chi connectivity index (χ3n) is 3.34. The van der Waals surface area contributed by atoms with E-state index in [1.165, 1.54) is 6.07 Å². The van der Waals surface area contributed by atoms with Gasteiger partial charge < -0.3 is 5.32 Å². The maximum Gasteiger partial charge on any atom is 0.418 e. The quantitative estimate of drug-likeness (QED) is 0.684. The molecule has 0 aliphatic rings. The molecule has 2 nitrogen and oxygen atoms in total. The van der Waals surface area contributed by atoms with Crippen molar-refractivity contribution in [3.63, 3.8) is 0 Å². The molecule has 0 aromatic heterocycles. The third-order valence-corrected chi connectivity index (χ3v) is 3.83. The number of anilines is 1. The Hall–Kier alpha value is -1.72. The Balaban J connectivity index is 1.94. The summed E-state index contributed by atoms with van der Waals surface area (Å²) in [5.41, 5.74) is -0.237. The number of halogens is 5. The Morgan fingerprint density at radius 2 is 1.62 bits per heavy atom. The smallest absolute Gasteiger partial charge is 0.326 e. The predicted octanol–water partition coefficient (Wildman–Crippen LogP) is 5.97. The molecule has 0 aliphatic carbocycles. The van der Waals surface area contributed by atoms with Crippen molar-refractivity contribution in [2.75, 3.05) is 5.32 Å². The minimum absolute atomic E-state index is 0.0388. The summed E-state index contributed by atoms with van der Waals surface area (Å²) in [6.07, 6.45) is -3.32. The van der Waals surface area contributed by atoms with E-state index in [2.05, 4.69) is 5.32 Å². The summed E-state index contributed by atoms with van der Waals surface area (Å²) in [7, 11) is 0. The van der Waals surface area contributed by atoms with Gasteiger partial charge in [-0.2, -0.15) is 13.2 Å². The first kappa shape index (κ1) is 18.6. The molecule has 2 aromatic rings. The molecular formula is C17H14Cl2F3NO. The van der Waals surface area contributed by atoms with E-state index in [1.54, 1.807) is 12.1 Å². The molecule has 0 aliphatic heterocycles. The number of nitrogens with one attached hydrogen (secondary N) is 1. The first-order valence-corrected chi connectivity index (χ1v) is 7.92. The van der Waals surface area contributed by atoms with Crippen LogP contribution in [0.5, 0.6) is 0 Å². The lowest BCUT2D eigenvalue weighted by atomic mass is 10.1. The van der Waals surface area contributed by atoms with Crippen molar-refractivity contribution < 1.29 is 18.0 Å². The van der Waals surface area contributed by atoms with Crippen molar-refractivity contribution >= 4 is 34.8 Å². The second-order valence-electron chi connectivity index (χ2n) is 5.22. The molecule has 0 atom stereocenters. The summed E-state index contributed by atoms with van der Waals surface area (Å²) in [4.78, 5) is 11.9. The van der Waals surface area contributed by atoms with Crippen LogP contribution < -0.4 is 5.32 Å². The molecule has 1 amide bonds. The molecule has 24 heavy (non-hydrogen) atoms. The van der Waals surface area contributed by atoms with Crippen LogP contribution in [0.15, 0.2) is 42.5 Å². The average molecular weight is 376 g/mol. The number of benzene rings is 2. The van der Waals surface area contributed by atoms with Crippen molar-refractivity contribution in [1.29, 1.82) is 0 Å². The maximum atomic E-state index is 13.0. The molecule has 2 aromatic carbocycles. The Morgan fingerprint density at radius 3 is 2.25 bits per heavy atom. The van der Waals surface area contributed by atoms with E-state index in [0.717, 1.165) is 17.7 Å². The number of aryl methyl sites for hydroxylation is 1. The fraction of sp³-hybridized carbons (Fsp3) is 0.235. The fourth-order valence-corrected chi connectivity index (χ4v) is 2.47. The minimum atomic E-state index is -4.59. The number of carbonyl (C=O) groups excluding carboxylic acids is 1. The van der Waals surface area contributed by atoms with E-state index in [4.69, 9.17) is 23.2 Å². The lowest BCUT2D eigenvalue weighted by Gasteiger charge is -2.14. The standard InChI is InChI=1S/C17H14Cl2F3NO/c18-12-6-4-11(5-7-12)2-1-3-16(24)23-15-9-8-13(19)10-14(15)17(20,21)22/h4-10H,1-3H2,(H,23,24). The summed E-state index contributed by atoms with van der Waals surface area (Å²) in [5.74, 6) is -0.475. The summed E-state index contributed by atoms with van der Waals surface area (Å²) in [6.45, 7) is 0. The summed E-state index contributed by atoms with van der Waals surface area (Å²) < 4.78 is 38.9. The van der Waals surface area contributed by atoms with Crippen LogP contribution in [0, 0.1) is 0 Å². The van der Waals surface area contributed by atoms with Crippen LogP contribution in [0.4, 0.5) is 18.9 Å². The van der Waals surface area contributed by atoms with E-state index in [9.17, 15) is 18.0 Å². The van der Waals surface area contributed by atoms with Crippen molar-refractivity contribution in [3.8, 4) is 0 Å². The number of rotatable bonds is 5. The van der Waals surface area contributed by atoms with Crippen molar-refractivity contribution in [2.24, 2.45) is 0 Å². The molecule has 0 bridgehead atoms. The van der Waals surface area contributed by atoms with Crippen LogP contribution >= 0.6 is 23.2 Å². The highest BCUT2D eigenvalue weighted by Crippen LogP contribution is 2.36. The highest BCUT2D eigenvalue weighted by atomic mass is 35.5. The van der Waals surface area contributed by atoms with Crippen LogP contribution in [-0.2, 0) is 17.4 Å². The van der Waals surface area contributed by atoms with Gasteiger partial charge in [0, 0.05) is 16.5 Å². The zero-order valence-electron chi connectivity index (χ0n) is 12.5. The molecular weight excluding hydrogens is 362 g/mol. The molecule has 0 spiro atoms. The molecule has 0 unspecified atom stereocenters. The first-order chi connectivity index (χ1) is 11.3. The van der Waals surface area contributed by atoms with Crippen molar-refractivity contribution in [2.45, 2.75) is 25.4 Å². The van der Waals surface area contributed by atoms with E-state index in [-0.39, 0.29) is 17.1 Å². The number of hydrogen-bond donors (Lipinski definition) is 1. The van der Waals surface area contributed by atoms with Gasteiger partial charge in [-0.05, 0) is 48.7 Å². The van der Waals surface area contributed by atoms with Gasteiger partial charge >= 0.3 is 6.18 Å². The maximum absolute atomic E-state index is 13.0. The van der Waals surface area contributed by atoms with Crippen LogP contribution in [0.1, 0.15) is 24.0 Å². The zero-order chi connectivity index (χ0) is 17.7. The first-order valence-electron chi connectivity index (χ1n) is 7.17. The third kappa shape index (κ3) is 5.42. The number of amides is 1. The van der Waals surface area contributed by atoms with Gasteiger partial charge in [-0.15, -0.1) is 0 Å². The molecule has 0 fully saturated rings. The molecule has 0 radical (unpaired) electrons. The molecule has 7 heteroatoms. The van der Waals surface area contributed by atoms with E-state index in [0.29, 0.717) is 17.9 Å². The lowest BCUT2D eigenvalue weighted by Crippen LogP contribution is -2.16. The number of carbonyl (C=O) groups is 1. The summed E-state index contributed by atoms with van der Waals surface area (Å²) in [5, 5.41) is 2.89. The van der Waals surface area contributed by atoms with Gasteiger partial charge in [0.2, 0.25) is 5.91 Å². The van der Waals surface area contributed by atoms with E-state index >= 15 is 0 Å². The molecule has 0 saturated carbocycles. The second-order valence-corrected chi connectivity index (χ2v) is 6.09. The molecule has 1 N–H and O–H groups in total. The van der Waals surface area contributed by atoms with Crippen LogP contribution in [0.25, 0.3) is 0 Å². The molecule has 0 heterocycles. The van der Waals surface area contributed by atoms with Gasteiger partial charge in [0.1, 0.15) is 0 Å². The van der Waals surface area contributed by atoms with Gasteiger partial charge in [-0.1, -0.05) is 35.3 Å². The van der Waals surface area contributed by atoms with Crippen LogP contribution in [0.3, 0.4) is 0 Å². The molecule has 2 rings (SSSR count). The Morgan fingerprint density at radius 1 is 1.00 bits per heavy atom. The Labute approximate surface area is 147 Å². The summed E-state index contributed by atoms with van der Waals surface area (Å²) in [6, 6.07) is 10.5. The SMILES string of the molecule is O=C(CCCc1ccc(Cl)cc1)Nc1ccc(Cl)cc1C(F)(F)F. The van der Waals surface area contributed by atoms with Gasteiger partial charge in [-0.25, -0.2) is 0 Å². The second kappa shape index (κ2) is 7.90. The lowest BCUT2D eigenvalue weighted by molar-refractivity contribution is -0.137. The predicted molar refractivity (Wildman–Crippen MR) is 89.5 cm³/mol. The van der Waals surface area contributed by atoms with Gasteiger partial charge in [0.15, 0.2) is 0 Å². The molecule has 128 valence electrons. The molecule has 0 saturated heterocycles. The average Bonchev–Trinajstić information content (AvgIpc) is 2.50. The van der Waals surface area contributed by atoms with Gasteiger partial charge in [0.25, 0.3) is 0 Å². The highest BCUT2D eigenvalue weighted by Gasteiger charge is 2.34. The van der Waals surface area contributed by atoms with E-state index in [1.807, 2.05) is 12.1 Å². The van der Waals surface area contributed by atoms with Gasteiger partial charge in [0.05, 0.1) is 11.3 Å². The van der Waals surface area contributed by atoms with Crippen LogP contribution in [-0.4, -0.2) is 5.91 Å². The number of alkyl halides is 3. The Kier molecular flexibility index (Phi) is 6.13. The topological polar surface area (TPSA) is 29.1 Å². The highest BCUT2D eigenvalue weighted by molar-refractivity contribution is 6.31. The Bertz CT molecular complexity index is 715. The van der Waals surface area contributed by atoms with Crippen LogP contribution in [0.2, 0.25) is 10.0 Å². The van der Waals surface area contributed by atoms with Gasteiger partial charge in [-0.3, -0.25) is 4.79 Å². The van der Waals surface area contributed by atoms with Crippen molar-refractivity contribution in [3.05, 3.63) is 63.6 Å². The zero-order valence-corrected chi connectivity index (χ0v) is 14.0. The fourth-order valence-electron chi connectivity index (χ4n) is 2.18.